The van der Waals surface area contributed by atoms with E-state index in [0.717, 1.165) is 48.2 Å². The van der Waals surface area contributed by atoms with E-state index in [1.165, 1.54) is 0 Å². The topological polar surface area (TPSA) is 50.2 Å². The third-order valence-electron chi connectivity index (χ3n) is 3.53. The summed E-state index contributed by atoms with van der Waals surface area (Å²) in [6.45, 7) is 4.97. The highest BCUT2D eigenvalue weighted by Gasteiger charge is 2.18. The Morgan fingerprint density at radius 3 is 2.68 bits per heavy atom. The first-order valence-corrected chi connectivity index (χ1v) is 7.61. The number of hydrogen-bond donors (Lipinski definition) is 1. The van der Waals surface area contributed by atoms with Crippen molar-refractivity contribution < 1.29 is 4.79 Å². The van der Waals surface area contributed by atoms with E-state index in [2.05, 4.69) is 33.3 Å². The van der Waals surface area contributed by atoms with E-state index in [0.29, 0.717) is 13.1 Å². The summed E-state index contributed by atoms with van der Waals surface area (Å²) < 4.78 is 2.93. The van der Waals surface area contributed by atoms with E-state index in [1.807, 2.05) is 16.6 Å². The van der Waals surface area contributed by atoms with Gasteiger partial charge < -0.3 is 10.2 Å². The molecule has 0 atom stereocenters. The molecular formula is C13H21BrN4O. The highest BCUT2D eigenvalue weighted by atomic mass is 79.9. The molecule has 106 valence electrons. The summed E-state index contributed by atoms with van der Waals surface area (Å²) in [6.07, 6.45) is 3.18. The van der Waals surface area contributed by atoms with Gasteiger partial charge in [-0.15, -0.1) is 0 Å². The number of carbonyl (C=O) groups is 1. The number of carbonyl (C=O) groups excluding carboxylic acids is 1. The van der Waals surface area contributed by atoms with Crippen molar-refractivity contribution in [3.63, 3.8) is 0 Å². The molecule has 1 aliphatic rings. The Bertz CT molecular complexity index is 452. The molecule has 1 aromatic rings. The van der Waals surface area contributed by atoms with Gasteiger partial charge in [0, 0.05) is 26.7 Å². The van der Waals surface area contributed by atoms with Crippen LogP contribution >= 0.6 is 15.9 Å². The normalized spacial score (nSPS) is 15.2. The van der Waals surface area contributed by atoms with Crippen LogP contribution in [0.25, 0.3) is 0 Å². The number of amides is 1. The van der Waals surface area contributed by atoms with Gasteiger partial charge in [0.1, 0.15) is 0 Å². The Labute approximate surface area is 122 Å². The zero-order valence-corrected chi connectivity index (χ0v) is 13.2. The van der Waals surface area contributed by atoms with Crippen molar-refractivity contribution in [2.45, 2.75) is 32.7 Å². The standard InChI is InChI=1S/C13H21BrN4O/c1-3-10-13(14)11(17(2)16-10)8-15-9-12(19)18-6-4-5-7-18/h15H,3-9H2,1-2H3. The molecule has 6 heteroatoms. The van der Waals surface area contributed by atoms with E-state index < -0.39 is 0 Å². The van der Waals surface area contributed by atoms with Gasteiger partial charge in [0.25, 0.3) is 0 Å². The molecule has 0 saturated carbocycles. The number of rotatable bonds is 5. The predicted octanol–water partition coefficient (Wildman–Crippen LogP) is 1.46. The van der Waals surface area contributed by atoms with Gasteiger partial charge >= 0.3 is 0 Å². The van der Waals surface area contributed by atoms with Crippen LogP contribution in [0.3, 0.4) is 0 Å². The van der Waals surface area contributed by atoms with Gasteiger partial charge in [-0.05, 0) is 35.2 Å². The predicted molar refractivity (Wildman–Crippen MR) is 77.8 cm³/mol. The minimum atomic E-state index is 0.200. The van der Waals surface area contributed by atoms with Crippen molar-refractivity contribution in [1.29, 1.82) is 0 Å². The molecule has 19 heavy (non-hydrogen) atoms. The van der Waals surface area contributed by atoms with E-state index in [-0.39, 0.29) is 5.91 Å². The first-order valence-electron chi connectivity index (χ1n) is 6.82. The van der Waals surface area contributed by atoms with Crippen LogP contribution in [0.5, 0.6) is 0 Å². The van der Waals surface area contributed by atoms with Gasteiger partial charge in [-0.3, -0.25) is 9.48 Å². The highest BCUT2D eigenvalue weighted by molar-refractivity contribution is 9.10. The molecule has 0 aliphatic carbocycles. The zero-order chi connectivity index (χ0) is 13.8. The van der Waals surface area contributed by atoms with Gasteiger partial charge in [0.2, 0.25) is 5.91 Å². The summed E-state index contributed by atoms with van der Waals surface area (Å²) in [6, 6.07) is 0. The second kappa shape index (κ2) is 6.52. The minimum absolute atomic E-state index is 0.200. The fraction of sp³-hybridized carbons (Fsp3) is 0.692. The van der Waals surface area contributed by atoms with E-state index in [1.54, 1.807) is 0 Å². The van der Waals surface area contributed by atoms with E-state index >= 15 is 0 Å². The molecule has 1 aliphatic heterocycles. The zero-order valence-electron chi connectivity index (χ0n) is 11.6. The van der Waals surface area contributed by atoms with Crippen molar-refractivity contribution in [2.75, 3.05) is 19.6 Å². The maximum Gasteiger partial charge on any atom is 0.236 e. The summed E-state index contributed by atoms with van der Waals surface area (Å²) in [7, 11) is 1.93. The van der Waals surface area contributed by atoms with Crippen LogP contribution in [0.15, 0.2) is 4.47 Å². The Kier molecular flexibility index (Phi) is 4.99. The molecule has 1 saturated heterocycles. The molecule has 2 heterocycles. The third-order valence-corrected chi connectivity index (χ3v) is 4.45. The Morgan fingerprint density at radius 2 is 2.11 bits per heavy atom. The van der Waals surface area contributed by atoms with Gasteiger partial charge in [-0.1, -0.05) is 6.92 Å². The van der Waals surface area contributed by atoms with Gasteiger partial charge in [0.05, 0.1) is 22.4 Å². The quantitative estimate of drug-likeness (QED) is 0.890. The lowest BCUT2D eigenvalue weighted by atomic mass is 10.3. The van der Waals surface area contributed by atoms with Crippen LogP contribution in [0, 0.1) is 0 Å². The van der Waals surface area contributed by atoms with Crippen LogP contribution in [0.1, 0.15) is 31.2 Å². The summed E-state index contributed by atoms with van der Waals surface area (Å²) in [4.78, 5) is 13.8. The van der Waals surface area contributed by atoms with Crippen molar-refractivity contribution in [3.8, 4) is 0 Å². The lowest BCUT2D eigenvalue weighted by Crippen LogP contribution is -2.36. The van der Waals surface area contributed by atoms with Crippen LogP contribution in [-0.4, -0.2) is 40.2 Å². The van der Waals surface area contributed by atoms with Gasteiger partial charge in [-0.2, -0.15) is 5.10 Å². The first kappa shape index (κ1) is 14.5. The molecule has 0 bridgehead atoms. The second-order valence-electron chi connectivity index (χ2n) is 4.88. The molecule has 0 unspecified atom stereocenters. The van der Waals surface area contributed by atoms with Crippen LogP contribution < -0.4 is 5.32 Å². The highest BCUT2D eigenvalue weighted by Crippen LogP contribution is 2.21. The largest absolute Gasteiger partial charge is 0.342 e. The Morgan fingerprint density at radius 1 is 1.42 bits per heavy atom. The fourth-order valence-electron chi connectivity index (χ4n) is 2.38. The Balaban J connectivity index is 1.85. The molecule has 1 N–H and O–H groups in total. The van der Waals surface area contributed by atoms with E-state index in [9.17, 15) is 4.79 Å². The molecule has 0 spiro atoms. The SMILES string of the molecule is CCc1nn(C)c(CNCC(=O)N2CCCC2)c1Br. The van der Waals surface area contributed by atoms with Gasteiger partial charge in [0.15, 0.2) is 0 Å². The monoisotopic (exact) mass is 328 g/mol. The number of nitrogens with one attached hydrogen (secondary N) is 1. The minimum Gasteiger partial charge on any atom is -0.342 e. The summed E-state index contributed by atoms with van der Waals surface area (Å²) >= 11 is 3.58. The molecule has 1 fully saturated rings. The number of aryl methyl sites for hydroxylation is 2. The average Bonchev–Trinajstić information content (AvgIpc) is 3.01. The van der Waals surface area contributed by atoms with Crippen molar-refractivity contribution >= 4 is 21.8 Å². The molecule has 5 nitrogen and oxygen atoms in total. The average molecular weight is 329 g/mol. The lowest BCUT2D eigenvalue weighted by Gasteiger charge is -2.15. The summed E-state index contributed by atoms with van der Waals surface area (Å²) in [5, 5.41) is 7.65. The molecule has 2 rings (SSSR count). The first-order chi connectivity index (χ1) is 9.13. The number of likely N-dealkylation sites (tertiary alicyclic amines) is 1. The van der Waals surface area contributed by atoms with Crippen LogP contribution in [-0.2, 0) is 24.8 Å². The summed E-state index contributed by atoms with van der Waals surface area (Å²) in [5.74, 6) is 0.200. The molecular weight excluding hydrogens is 308 g/mol. The fourth-order valence-corrected chi connectivity index (χ4v) is 3.13. The number of hydrogen-bond acceptors (Lipinski definition) is 3. The van der Waals surface area contributed by atoms with Crippen molar-refractivity contribution in [3.05, 3.63) is 15.9 Å². The van der Waals surface area contributed by atoms with Crippen LogP contribution in [0.4, 0.5) is 0 Å². The van der Waals surface area contributed by atoms with Gasteiger partial charge in [-0.25, -0.2) is 0 Å². The number of nitrogens with zero attached hydrogens (tertiary/aromatic N) is 3. The maximum absolute atomic E-state index is 11.9. The molecule has 0 radical (unpaired) electrons. The molecule has 1 amide bonds. The number of aromatic nitrogens is 2. The lowest BCUT2D eigenvalue weighted by molar-refractivity contribution is -0.129. The van der Waals surface area contributed by atoms with E-state index in [4.69, 9.17) is 0 Å². The third kappa shape index (κ3) is 3.36. The second-order valence-corrected chi connectivity index (χ2v) is 5.67. The summed E-state index contributed by atoms with van der Waals surface area (Å²) in [5.41, 5.74) is 2.15. The van der Waals surface area contributed by atoms with Crippen molar-refractivity contribution in [1.82, 2.24) is 20.0 Å². The maximum atomic E-state index is 11.9. The molecule has 1 aromatic heterocycles. The smallest absolute Gasteiger partial charge is 0.236 e. The number of halogens is 1. The van der Waals surface area contributed by atoms with Crippen LogP contribution in [0.2, 0.25) is 0 Å². The Hall–Kier alpha value is -0.880. The molecule has 0 aromatic carbocycles. The van der Waals surface area contributed by atoms with Crippen molar-refractivity contribution in [2.24, 2.45) is 7.05 Å².